The Morgan fingerprint density at radius 1 is 1.38 bits per heavy atom. The fourth-order valence-corrected chi connectivity index (χ4v) is 2.38. The molecule has 0 bridgehead atoms. The van der Waals surface area contributed by atoms with Crippen LogP contribution in [0.5, 0.6) is 5.75 Å². The summed E-state index contributed by atoms with van der Waals surface area (Å²) in [4.78, 5) is 25.3. The molecule has 0 radical (unpaired) electrons. The Hall–Kier alpha value is -2.04. The second-order valence-corrected chi connectivity index (χ2v) is 5.21. The third-order valence-corrected chi connectivity index (χ3v) is 3.70. The van der Waals surface area contributed by atoms with Crippen molar-refractivity contribution in [3.8, 4) is 5.75 Å². The van der Waals surface area contributed by atoms with Crippen LogP contribution in [0.15, 0.2) is 18.2 Å². The van der Waals surface area contributed by atoms with Crippen molar-refractivity contribution in [3.05, 3.63) is 23.8 Å². The van der Waals surface area contributed by atoms with E-state index in [1.807, 2.05) is 19.2 Å². The second-order valence-electron chi connectivity index (χ2n) is 5.21. The van der Waals surface area contributed by atoms with E-state index in [4.69, 9.17) is 4.74 Å². The number of esters is 1. The Morgan fingerprint density at radius 2 is 2.14 bits per heavy atom. The quantitative estimate of drug-likeness (QED) is 0.616. The Bertz CT molecular complexity index is 541. The summed E-state index contributed by atoms with van der Waals surface area (Å²) >= 11 is 0. The second kappa shape index (κ2) is 6.61. The van der Waals surface area contributed by atoms with Gasteiger partial charge in [0.25, 0.3) is 0 Å². The van der Waals surface area contributed by atoms with Gasteiger partial charge in [-0.1, -0.05) is 6.92 Å². The minimum atomic E-state index is -0.368. The number of ketones is 1. The van der Waals surface area contributed by atoms with Crippen molar-refractivity contribution in [2.24, 2.45) is 0 Å². The van der Waals surface area contributed by atoms with Gasteiger partial charge in [0, 0.05) is 19.0 Å². The molecule has 1 aliphatic heterocycles. The number of carbonyl (C=O) groups is 2. The fraction of sp³-hybridized carbons (Fsp3) is 0.500. The van der Waals surface area contributed by atoms with E-state index in [1.165, 1.54) is 7.11 Å². The van der Waals surface area contributed by atoms with Crippen LogP contribution in [0.4, 0.5) is 5.69 Å². The summed E-state index contributed by atoms with van der Waals surface area (Å²) in [6, 6.07) is 5.42. The lowest BCUT2D eigenvalue weighted by molar-refractivity contribution is -0.140. The Balaban J connectivity index is 2.12. The van der Waals surface area contributed by atoms with E-state index >= 15 is 0 Å². The molecule has 1 heterocycles. The van der Waals surface area contributed by atoms with Crippen molar-refractivity contribution in [2.45, 2.75) is 32.3 Å². The predicted molar refractivity (Wildman–Crippen MR) is 80.0 cm³/mol. The molecular formula is C16H21NO4. The number of benzene rings is 1. The molecule has 1 unspecified atom stereocenters. The third-order valence-electron chi connectivity index (χ3n) is 3.70. The molecule has 114 valence electrons. The zero-order valence-corrected chi connectivity index (χ0v) is 12.7. The summed E-state index contributed by atoms with van der Waals surface area (Å²) in [5.74, 6) is 0.377. The van der Waals surface area contributed by atoms with Crippen LogP contribution in [-0.2, 0) is 9.53 Å². The van der Waals surface area contributed by atoms with Gasteiger partial charge in [0.2, 0.25) is 0 Å². The molecule has 1 atom stereocenters. The first-order chi connectivity index (χ1) is 10.0. The highest BCUT2D eigenvalue weighted by molar-refractivity contribution is 5.98. The molecule has 0 amide bonds. The number of fused-ring (bicyclic) bond motifs is 1. The molecule has 5 nitrogen and oxygen atoms in total. The van der Waals surface area contributed by atoms with Crippen molar-refractivity contribution in [2.75, 3.05) is 25.6 Å². The fourth-order valence-electron chi connectivity index (χ4n) is 2.38. The summed E-state index contributed by atoms with van der Waals surface area (Å²) < 4.78 is 10.4. The van der Waals surface area contributed by atoms with Crippen LogP contribution >= 0.6 is 0 Å². The maximum atomic E-state index is 12.1. The van der Waals surface area contributed by atoms with E-state index in [2.05, 4.69) is 16.6 Å². The lowest BCUT2D eigenvalue weighted by Crippen LogP contribution is -2.37. The van der Waals surface area contributed by atoms with Gasteiger partial charge in [0.1, 0.15) is 11.9 Å². The van der Waals surface area contributed by atoms with Gasteiger partial charge in [0.15, 0.2) is 5.78 Å². The summed E-state index contributed by atoms with van der Waals surface area (Å²) in [6.07, 6.45) is 1.40. The van der Waals surface area contributed by atoms with E-state index in [0.29, 0.717) is 5.56 Å². The highest BCUT2D eigenvalue weighted by Gasteiger charge is 2.23. The molecular weight excluding hydrogens is 270 g/mol. The first-order valence-corrected chi connectivity index (χ1v) is 7.17. The Labute approximate surface area is 124 Å². The highest BCUT2D eigenvalue weighted by atomic mass is 16.5. The van der Waals surface area contributed by atoms with Crippen molar-refractivity contribution in [1.29, 1.82) is 0 Å². The van der Waals surface area contributed by atoms with Gasteiger partial charge >= 0.3 is 5.97 Å². The van der Waals surface area contributed by atoms with E-state index in [-0.39, 0.29) is 30.7 Å². The van der Waals surface area contributed by atoms with Crippen LogP contribution in [0.1, 0.15) is 36.5 Å². The molecule has 1 aliphatic rings. The summed E-state index contributed by atoms with van der Waals surface area (Å²) in [5.41, 5.74) is 1.52. The number of anilines is 1. The van der Waals surface area contributed by atoms with Crippen LogP contribution in [0.25, 0.3) is 0 Å². The lowest BCUT2D eigenvalue weighted by Gasteiger charge is -2.33. The van der Waals surface area contributed by atoms with Gasteiger partial charge in [-0.2, -0.15) is 0 Å². The highest BCUT2D eigenvalue weighted by Crippen LogP contribution is 2.34. The molecule has 0 aromatic heterocycles. The largest absolute Gasteiger partial charge is 0.486 e. The minimum Gasteiger partial charge on any atom is -0.486 e. The molecule has 0 fully saturated rings. The zero-order valence-electron chi connectivity index (χ0n) is 12.7. The summed E-state index contributed by atoms with van der Waals surface area (Å²) in [5, 5.41) is 0. The molecule has 0 N–H and O–H groups in total. The van der Waals surface area contributed by atoms with Crippen LogP contribution < -0.4 is 9.64 Å². The predicted octanol–water partition coefficient (Wildman–Crippen LogP) is 2.43. The van der Waals surface area contributed by atoms with Crippen LogP contribution in [0, 0.1) is 0 Å². The van der Waals surface area contributed by atoms with E-state index in [1.54, 1.807) is 6.07 Å². The number of hydrogen-bond donors (Lipinski definition) is 0. The molecule has 0 saturated carbocycles. The molecule has 0 saturated heterocycles. The lowest BCUT2D eigenvalue weighted by atomic mass is 10.0. The molecule has 21 heavy (non-hydrogen) atoms. The normalized spacial score (nSPS) is 16.9. The van der Waals surface area contributed by atoms with Crippen molar-refractivity contribution in [1.82, 2.24) is 0 Å². The number of nitrogens with zero attached hydrogens (tertiary/aromatic N) is 1. The van der Waals surface area contributed by atoms with Crippen molar-refractivity contribution in [3.63, 3.8) is 0 Å². The monoisotopic (exact) mass is 291 g/mol. The number of methoxy groups -OCH3 is 1. The van der Waals surface area contributed by atoms with Gasteiger partial charge in [-0.3, -0.25) is 9.59 Å². The Morgan fingerprint density at radius 3 is 2.81 bits per heavy atom. The first-order valence-electron chi connectivity index (χ1n) is 7.17. The van der Waals surface area contributed by atoms with Gasteiger partial charge in [-0.15, -0.1) is 0 Å². The maximum absolute atomic E-state index is 12.1. The number of ether oxygens (including phenoxy) is 2. The van der Waals surface area contributed by atoms with Gasteiger partial charge in [-0.05, 0) is 24.6 Å². The van der Waals surface area contributed by atoms with Gasteiger partial charge in [-0.25, -0.2) is 0 Å². The Kier molecular flexibility index (Phi) is 4.83. The number of likely N-dealkylation sites (N-methyl/N-ethyl adjacent to an activating group) is 1. The molecule has 0 spiro atoms. The molecule has 5 heteroatoms. The SMILES string of the molecule is CCC1CN(C)c2cc(C(=O)CCC(=O)OC)ccc2O1. The summed E-state index contributed by atoms with van der Waals surface area (Å²) in [7, 11) is 3.31. The van der Waals surface area contributed by atoms with Crippen molar-refractivity contribution < 1.29 is 19.1 Å². The molecule has 1 aromatic rings. The standard InChI is InChI=1S/C16H21NO4/c1-4-12-10-17(2)13-9-11(5-7-15(13)21-12)14(18)6-8-16(19)20-3/h5,7,9,12H,4,6,8,10H2,1-3H3. The average molecular weight is 291 g/mol. The van der Waals surface area contributed by atoms with Crippen molar-refractivity contribution >= 4 is 17.4 Å². The average Bonchev–Trinajstić information content (AvgIpc) is 2.51. The van der Waals surface area contributed by atoms with E-state index in [9.17, 15) is 9.59 Å². The van der Waals surface area contributed by atoms with Gasteiger partial charge in [0.05, 0.1) is 25.8 Å². The first kappa shape index (κ1) is 15.4. The van der Waals surface area contributed by atoms with E-state index in [0.717, 1.165) is 24.4 Å². The zero-order chi connectivity index (χ0) is 15.4. The summed E-state index contributed by atoms with van der Waals surface area (Å²) in [6.45, 7) is 2.90. The smallest absolute Gasteiger partial charge is 0.305 e. The number of hydrogen-bond acceptors (Lipinski definition) is 5. The molecule has 1 aromatic carbocycles. The maximum Gasteiger partial charge on any atom is 0.305 e. The van der Waals surface area contributed by atoms with Gasteiger partial charge < -0.3 is 14.4 Å². The van der Waals surface area contributed by atoms with Crippen LogP contribution in [-0.4, -0.2) is 38.6 Å². The number of carbonyl (C=O) groups excluding carboxylic acids is 2. The minimum absolute atomic E-state index is 0.0609. The van der Waals surface area contributed by atoms with Crippen LogP contribution in [0.2, 0.25) is 0 Å². The number of rotatable bonds is 5. The number of Topliss-reactive ketones (excluding diaryl/α,β-unsaturated/α-hetero) is 1. The third kappa shape index (κ3) is 3.54. The topological polar surface area (TPSA) is 55.8 Å². The van der Waals surface area contributed by atoms with E-state index < -0.39 is 0 Å². The molecule has 0 aliphatic carbocycles. The molecule has 2 rings (SSSR count). The van der Waals surface area contributed by atoms with Crippen LogP contribution in [0.3, 0.4) is 0 Å².